The molecular weight excluding hydrogens is 323 g/mol. The summed E-state index contributed by atoms with van der Waals surface area (Å²) in [6.07, 6.45) is 1.51. The van der Waals surface area contributed by atoms with Crippen molar-refractivity contribution in [3.63, 3.8) is 0 Å². The highest BCUT2D eigenvalue weighted by molar-refractivity contribution is 14.1. The molecule has 15 heavy (non-hydrogen) atoms. The van der Waals surface area contributed by atoms with Gasteiger partial charge in [-0.2, -0.15) is 0 Å². The monoisotopic (exact) mass is 334 g/mol. The van der Waals surface area contributed by atoms with Crippen molar-refractivity contribution in [3.8, 4) is 11.3 Å². The summed E-state index contributed by atoms with van der Waals surface area (Å²) in [7, 11) is 0. The van der Waals surface area contributed by atoms with E-state index in [4.69, 9.17) is 4.42 Å². The van der Waals surface area contributed by atoms with E-state index in [1.165, 1.54) is 9.28 Å². The number of aromatic nitrogens is 1. The van der Waals surface area contributed by atoms with Crippen molar-refractivity contribution in [2.75, 3.05) is 6.54 Å². The number of hydrogen-bond donors (Lipinski definition) is 1. The highest BCUT2D eigenvalue weighted by atomic mass is 127. The molecule has 0 amide bonds. The first kappa shape index (κ1) is 11.1. The summed E-state index contributed by atoms with van der Waals surface area (Å²) >= 11 is 4.02. The van der Waals surface area contributed by atoms with Crippen molar-refractivity contribution in [3.05, 3.63) is 26.4 Å². The number of nitrogens with zero attached hydrogens (tertiary/aromatic N) is 1. The number of halogens is 1. The van der Waals surface area contributed by atoms with Gasteiger partial charge in [0.05, 0.1) is 2.88 Å². The fraction of sp³-hybridized carbons (Fsp3) is 0.300. The second kappa shape index (κ2) is 5.09. The Morgan fingerprint density at radius 3 is 3.13 bits per heavy atom. The third-order valence-electron chi connectivity index (χ3n) is 2.01. The van der Waals surface area contributed by atoms with Gasteiger partial charge < -0.3 is 9.73 Å². The standard InChI is InChI=1S/C10H11IN2OS/c1-2-12-4-8-10(14-6-13-8)7-3-9(11)15-5-7/h3,5-6,12H,2,4H2,1H3. The SMILES string of the molecule is CCNCc1ncoc1-c1csc(I)c1. The molecule has 0 aliphatic rings. The molecule has 0 atom stereocenters. The second-order valence-corrected chi connectivity index (χ2v) is 5.85. The molecule has 2 heterocycles. The van der Waals surface area contributed by atoms with E-state index in [1.54, 1.807) is 11.3 Å². The van der Waals surface area contributed by atoms with Gasteiger partial charge in [-0.1, -0.05) is 6.92 Å². The Morgan fingerprint density at radius 1 is 1.60 bits per heavy atom. The predicted octanol–water partition coefficient (Wildman–Crippen LogP) is 3.12. The molecule has 0 spiro atoms. The van der Waals surface area contributed by atoms with Gasteiger partial charge in [0.1, 0.15) is 5.69 Å². The Balaban J connectivity index is 2.24. The van der Waals surface area contributed by atoms with Crippen LogP contribution in [0, 0.1) is 2.88 Å². The third-order valence-corrected chi connectivity index (χ3v) is 3.80. The zero-order valence-corrected chi connectivity index (χ0v) is 11.3. The van der Waals surface area contributed by atoms with E-state index in [2.05, 4.69) is 51.3 Å². The molecule has 0 aliphatic carbocycles. The average Bonchev–Trinajstić information content (AvgIpc) is 2.82. The predicted molar refractivity (Wildman–Crippen MR) is 69.9 cm³/mol. The molecule has 0 aliphatic heterocycles. The van der Waals surface area contributed by atoms with Gasteiger partial charge in [-0.25, -0.2) is 4.98 Å². The maximum atomic E-state index is 5.41. The lowest BCUT2D eigenvalue weighted by atomic mass is 10.2. The number of nitrogens with one attached hydrogen (secondary N) is 1. The quantitative estimate of drug-likeness (QED) is 0.873. The summed E-state index contributed by atoms with van der Waals surface area (Å²) in [4.78, 5) is 4.21. The van der Waals surface area contributed by atoms with Crippen molar-refractivity contribution >= 4 is 33.9 Å². The molecule has 2 rings (SSSR count). The van der Waals surface area contributed by atoms with Gasteiger partial charge in [0.25, 0.3) is 0 Å². The van der Waals surface area contributed by atoms with Crippen molar-refractivity contribution in [2.45, 2.75) is 13.5 Å². The minimum Gasteiger partial charge on any atom is -0.443 e. The Bertz CT molecular complexity index is 438. The van der Waals surface area contributed by atoms with Gasteiger partial charge in [0.15, 0.2) is 12.2 Å². The van der Waals surface area contributed by atoms with E-state index in [9.17, 15) is 0 Å². The van der Waals surface area contributed by atoms with Crippen LogP contribution in [0.4, 0.5) is 0 Å². The molecule has 2 aromatic heterocycles. The van der Waals surface area contributed by atoms with Gasteiger partial charge in [-0.15, -0.1) is 11.3 Å². The van der Waals surface area contributed by atoms with Crippen LogP contribution >= 0.6 is 33.9 Å². The Morgan fingerprint density at radius 2 is 2.47 bits per heavy atom. The molecule has 0 unspecified atom stereocenters. The molecule has 5 heteroatoms. The van der Waals surface area contributed by atoms with Crippen LogP contribution in [0.5, 0.6) is 0 Å². The molecule has 80 valence electrons. The summed E-state index contributed by atoms with van der Waals surface area (Å²) in [5.74, 6) is 0.884. The molecule has 1 N–H and O–H groups in total. The van der Waals surface area contributed by atoms with Crippen LogP contribution in [0.15, 0.2) is 22.3 Å². The lowest BCUT2D eigenvalue weighted by Crippen LogP contribution is -2.12. The van der Waals surface area contributed by atoms with E-state index in [1.807, 2.05) is 0 Å². The lowest BCUT2D eigenvalue weighted by Gasteiger charge is -1.99. The van der Waals surface area contributed by atoms with Crippen molar-refractivity contribution in [1.82, 2.24) is 10.3 Å². The zero-order chi connectivity index (χ0) is 10.7. The van der Waals surface area contributed by atoms with Crippen LogP contribution in [0.1, 0.15) is 12.6 Å². The van der Waals surface area contributed by atoms with E-state index in [0.29, 0.717) is 0 Å². The fourth-order valence-corrected chi connectivity index (χ4v) is 2.63. The Hall–Kier alpha value is -0.400. The molecular formula is C10H11IN2OS. The minimum atomic E-state index is 0.759. The van der Waals surface area contributed by atoms with Crippen LogP contribution in [0.2, 0.25) is 0 Å². The largest absolute Gasteiger partial charge is 0.443 e. The fourth-order valence-electron chi connectivity index (χ4n) is 1.30. The minimum absolute atomic E-state index is 0.759. The molecule has 0 aromatic carbocycles. The van der Waals surface area contributed by atoms with Gasteiger partial charge in [0, 0.05) is 17.5 Å². The van der Waals surface area contributed by atoms with Gasteiger partial charge in [0.2, 0.25) is 0 Å². The van der Waals surface area contributed by atoms with E-state index >= 15 is 0 Å². The van der Waals surface area contributed by atoms with Crippen molar-refractivity contribution in [1.29, 1.82) is 0 Å². The first-order chi connectivity index (χ1) is 7.31. The van der Waals surface area contributed by atoms with Gasteiger partial charge in [-0.05, 0) is 35.2 Å². The molecule has 0 bridgehead atoms. The molecule has 0 saturated carbocycles. The third kappa shape index (κ3) is 2.59. The molecule has 0 radical (unpaired) electrons. The van der Waals surface area contributed by atoms with E-state index < -0.39 is 0 Å². The summed E-state index contributed by atoms with van der Waals surface area (Å²) in [5, 5.41) is 5.34. The Kier molecular flexibility index (Phi) is 3.76. The first-order valence-corrected chi connectivity index (χ1v) is 6.64. The summed E-state index contributed by atoms with van der Waals surface area (Å²) in [5.41, 5.74) is 2.10. The number of thiophene rings is 1. The van der Waals surface area contributed by atoms with Crippen LogP contribution in [-0.2, 0) is 6.54 Å². The number of hydrogen-bond acceptors (Lipinski definition) is 4. The topological polar surface area (TPSA) is 38.1 Å². The van der Waals surface area contributed by atoms with Crippen molar-refractivity contribution < 1.29 is 4.42 Å². The lowest BCUT2D eigenvalue weighted by molar-refractivity contribution is 0.570. The van der Waals surface area contributed by atoms with Crippen LogP contribution in [0.25, 0.3) is 11.3 Å². The van der Waals surface area contributed by atoms with Crippen LogP contribution in [0.3, 0.4) is 0 Å². The molecule has 3 nitrogen and oxygen atoms in total. The molecule has 2 aromatic rings. The van der Waals surface area contributed by atoms with Crippen LogP contribution < -0.4 is 5.32 Å². The zero-order valence-electron chi connectivity index (χ0n) is 8.29. The first-order valence-electron chi connectivity index (χ1n) is 4.68. The summed E-state index contributed by atoms with van der Waals surface area (Å²) in [6.45, 7) is 3.77. The van der Waals surface area contributed by atoms with Gasteiger partial charge >= 0.3 is 0 Å². The smallest absolute Gasteiger partial charge is 0.181 e. The number of rotatable bonds is 4. The van der Waals surface area contributed by atoms with Crippen molar-refractivity contribution in [2.24, 2.45) is 0 Å². The highest BCUT2D eigenvalue weighted by Crippen LogP contribution is 2.28. The second-order valence-electron chi connectivity index (χ2n) is 3.05. The normalized spacial score (nSPS) is 10.8. The summed E-state index contributed by atoms with van der Waals surface area (Å²) < 4.78 is 6.67. The maximum Gasteiger partial charge on any atom is 0.181 e. The summed E-state index contributed by atoms with van der Waals surface area (Å²) in [6, 6.07) is 2.11. The average molecular weight is 334 g/mol. The maximum absolute atomic E-state index is 5.41. The Labute approximate surface area is 106 Å². The molecule has 0 fully saturated rings. The number of oxazole rings is 1. The van der Waals surface area contributed by atoms with E-state index in [-0.39, 0.29) is 0 Å². The highest BCUT2D eigenvalue weighted by Gasteiger charge is 2.11. The molecule has 0 saturated heterocycles. The van der Waals surface area contributed by atoms with Gasteiger partial charge in [-0.3, -0.25) is 0 Å². The van der Waals surface area contributed by atoms with Crippen LogP contribution in [-0.4, -0.2) is 11.5 Å². The van der Waals surface area contributed by atoms with E-state index in [0.717, 1.165) is 30.1 Å².